The second kappa shape index (κ2) is 3.64. The van der Waals surface area contributed by atoms with Crippen molar-refractivity contribution in [1.82, 2.24) is 4.98 Å². The summed E-state index contributed by atoms with van der Waals surface area (Å²) in [5.41, 5.74) is 6.52. The molecule has 13 heavy (non-hydrogen) atoms. The normalized spacial score (nSPS) is 15.8. The van der Waals surface area contributed by atoms with E-state index in [9.17, 15) is 0 Å². The molecule has 0 radical (unpaired) electrons. The predicted octanol–water partition coefficient (Wildman–Crippen LogP) is 1.84. The number of ether oxygens (including phenoxy) is 1. The summed E-state index contributed by atoms with van der Waals surface area (Å²) in [7, 11) is 0. The molecule has 1 aromatic heterocycles. The van der Waals surface area contributed by atoms with E-state index in [0.29, 0.717) is 12.6 Å². The first-order valence-corrected chi connectivity index (χ1v) is 5.10. The Morgan fingerprint density at radius 3 is 3.00 bits per heavy atom. The molecule has 70 valence electrons. The van der Waals surface area contributed by atoms with Crippen molar-refractivity contribution in [2.45, 2.75) is 25.5 Å². The highest BCUT2D eigenvalue weighted by Gasteiger charge is 2.23. The number of pyridine rings is 1. The quantitative estimate of drug-likeness (QED) is 0.824. The number of aromatic nitrogens is 1. The van der Waals surface area contributed by atoms with Crippen LogP contribution in [0.2, 0.25) is 0 Å². The van der Waals surface area contributed by atoms with Crippen LogP contribution in [0, 0.1) is 0 Å². The van der Waals surface area contributed by atoms with E-state index in [1.165, 1.54) is 0 Å². The third-order valence-corrected chi connectivity index (χ3v) is 2.65. The van der Waals surface area contributed by atoms with Crippen LogP contribution in [-0.4, -0.2) is 11.1 Å². The molecule has 1 aromatic rings. The molecule has 4 heteroatoms. The Kier molecular flexibility index (Phi) is 2.51. The summed E-state index contributed by atoms with van der Waals surface area (Å²) in [4.78, 5) is 4.14. The molecule has 1 fully saturated rings. The Morgan fingerprint density at radius 1 is 1.62 bits per heavy atom. The van der Waals surface area contributed by atoms with Crippen molar-refractivity contribution in [3.05, 3.63) is 22.4 Å². The van der Waals surface area contributed by atoms with Gasteiger partial charge in [-0.25, -0.2) is 4.98 Å². The summed E-state index contributed by atoms with van der Waals surface area (Å²) in [6.45, 7) is 0.482. The van der Waals surface area contributed by atoms with Crippen LogP contribution >= 0.6 is 15.9 Å². The van der Waals surface area contributed by atoms with Gasteiger partial charge in [0.1, 0.15) is 10.4 Å². The van der Waals surface area contributed by atoms with Crippen LogP contribution < -0.4 is 10.5 Å². The molecule has 0 bridgehead atoms. The Morgan fingerprint density at radius 2 is 2.38 bits per heavy atom. The average molecular weight is 243 g/mol. The van der Waals surface area contributed by atoms with Gasteiger partial charge in [-0.3, -0.25) is 0 Å². The number of hydrogen-bond acceptors (Lipinski definition) is 3. The summed E-state index contributed by atoms with van der Waals surface area (Å²) >= 11 is 3.33. The zero-order chi connectivity index (χ0) is 9.26. The highest BCUT2D eigenvalue weighted by molar-refractivity contribution is 9.10. The number of hydrogen-bond donors (Lipinski definition) is 1. The maximum absolute atomic E-state index is 5.58. The molecule has 0 atom stereocenters. The minimum atomic E-state index is 0.411. The van der Waals surface area contributed by atoms with Crippen LogP contribution in [0.4, 0.5) is 0 Å². The van der Waals surface area contributed by atoms with Gasteiger partial charge in [-0.1, -0.05) is 0 Å². The third-order valence-electron chi connectivity index (χ3n) is 1.93. The molecule has 0 amide bonds. The second-order valence-corrected chi connectivity index (χ2v) is 3.89. The summed E-state index contributed by atoms with van der Waals surface area (Å²) in [6, 6.07) is 1.94. The van der Waals surface area contributed by atoms with Gasteiger partial charge in [-0.2, -0.15) is 0 Å². The largest absolute Gasteiger partial charge is 0.489 e. The molecule has 0 aliphatic heterocycles. The van der Waals surface area contributed by atoms with Crippen molar-refractivity contribution in [1.29, 1.82) is 0 Å². The van der Waals surface area contributed by atoms with Gasteiger partial charge in [0.25, 0.3) is 0 Å². The third kappa shape index (κ3) is 2.19. The zero-order valence-corrected chi connectivity index (χ0v) is 8.75. The smallest absolute Gasteiger partial charge is 0.138 e. The fourth-order valence-corrected chi connectivity index (χ4v) is 1.44. The van der Waals surface area contributed by atoms with E-state index in [-0.39, 0.29) is 0 Å². The molecule has 1 aliphatic rings. The van der Waals surface area contributed by atoms with Gasteiger partial charge in [0.05, 0.1) is 12.3 Å². The predicted molar refractivity (Wildman–Crippen MR) is 53.5 cm³/mol. The second-order valence-electron chi connectivity index (χ2n) is 3.14. The fraction of sp³-hybridized carbons (Fsp3) is 0.444. The molecule has 1 saturated carbocycles. The van der Waals surface area contributed by atoms with Crippen LogP contribution in [0.1, 0.15) is 18.4 Å². The minimum Gasteiger partial charge on any atom is -0.489 e. The van der Waals surface area contributed by atoms with Gasteiger partial charge in [0, 0.05) is 12.1 Å². The van der Waals surface area contributed by atoms with Crippen LogP contribution in [0.15, 0.2) is 16.9 Å². The maximum Gasteiger partial charge on any atom is 0.138 e. The standard InChI is InChI=1S/C9H11BrN2O/c10-9-6(4-11)3-8(5-12-9)13-7-1-2-7/h3,5,7H,1-2,4,11H2. The van der Waals surface area contributed by atoms with E-state index in [2.05, 4.69) is 20.9 Å². The molecule has 1 heterocycles. The monoisotopic (exact) mass is 242 g/mol. The van der Waals surface area contributed by atoms with Crippen LogP contribution in [-0.2, 0) is 6.54 Å². The van der Waals surface area contributed by atoms with Crippen molar-refractivity contribution in [2.24, 2.45) is 5.73 Å². The van der Waals surface area contributed by atoms with E-state index in [4.69, 9.17) is 10.5 Å². The Hall–Kier alpha value is -0.610. The first-order valence-electron chi connectivity index (χ1n) is 4.30. The van der Waals surface area contributed by atoms with E-state index >= 15 is 0 Å². The lowest BCUT2D eigenvalue weighted by atomic mass is 10.3. The maximum atomic E-state index is 5.58. The fourth-order valence-electron chi connectivity index (χ4n) is 1.06. The van der Waals surface area contributed by atoms with Crippen molar-refractivity contribution < 1.29 is 4.74 Å². The first kappa shape index (κ1) is 8.97. The average Bonchev–Trinajstić information content (AvgIpc) is 2.92. The highest BCUT2D eigenvalue weighted by atomic mass is 79.9. The number of halogens is 1. The highest BCUT2D eigenvalue weighted by Crippen LogP contribution is 2.27. The molecular weight excluding hydrogens is 232 g/mol. The SMILES string of the molecule is NCc1cc(OC2CC2)cnc1Br. The lowest BCUT2D eigenvalue weighted by Gasteiger charge is -2.06. The van der Waals surface area contributed by atoms with Gasteiger partial charge in [0.15, 0.2) is 0 Å². The summed E-state index contributed by atoms with van der Waals surface area (Å²) in [5, 5.41) is 0. The summed E-state index contributed by atoms with van der Waals surface area (Å²) in [5.74, 6) is 0.825. The van der Waals surface area contributed by atoms with Crippen LogP contribution in [0.25, 0.3) is 0 Å². The molecule has 0 unspecified atom stereocenters. The Balaban J connectivity index is 2.16. The lowest BCUT2D eigenvalue weighted by Crippen LogP contribution is -2.02. The molecule has 0 spiro atoms. The van der Waals surface area contributed by atoms with Crippen LogP contribution in [0.5, 0.6) is 5.75 Å². The molecule has 2 N–H and O–H groups in total. The van der Waals surface area contributed by atoms with Crippen LogP contribution in [0.3, 0.4) is 0 Å². The van der Waals surface area contributed by atoms with Gasteiger partial charge in [0.2, 0.25) is 0 Å². The van der Waals surface area contributed by atoms with Gasteiger partial charge >= 0.3 is 0 Å². The molecule has 2 rings (SSSR count). The van der Waals surface area contributed by atoms with Gasteiger partial charge in [-0.05, 0) is 34.8 Å². The number of nitrogens with zero attached hydrogens (tertiary/aromatic N) is 1. The molecule has 0 saturated heterocycles. The van der Waals surface area contributed by atoms with Crippen molar-refractivity contribution in [3.63, 3.8) is 0 Å². The molecule has 3 nitrogen and oxygen atoms in total. The Labute approximate surface area is 85.4 Å². The molecular formula is C9H11BrN2O. The topological polar surface area (TPSA) is 48.1 Å². The van der Waals surface area contributed by atoms with E-state index < -0.39 is 0 Å². The summed E-state index contributed by atoms with van der Waals surface area (Å²) < 4.78 is 6.39. The lowest BCUT2D eigenvalue weighted by molar-refractivity contribution is 0.301. The molecule has 0 aromatic carbocycles. The minimum absolute atomic E-state index is 0.411. The van der Waals surface area contributed by atoms with Crippen molar-refractivity contribution in [3.8, 4) is 5.75 Å². The Bertz CT molecular complexity index is 312. The zero-order valence-electron chi connectivity index (χ0n) is 7.16. The number of rotatable bonds is 3. The summed E-state index contributed by atoms with van der Waals surface area (Å²) in [6.07, 6.45) is 4.46. The van der Waals surface area contributed by atoms with E-state index in [0.717, 1.165) is 28.8 Å². The van der Waals surface area contributed by atoms with Crippen molar-refractivity contribution >= 4 is 15.9 Å². The first-order chi connectivity index (χ1) is 6.29. The van der Waals surface area contributed by atoms with Gasteiger partial charge in [-0.15, -0.1) is 0 Å². The molecule has 1 aliphatic carbocycles. The van der Waals surface area contributed by atoms with E-state index in [1.54, 1.807) is 6.20 Å². The van der Waals surface area contributed by atoms with Crippen molar-refractivity contribution in [2.75, 3.05) is 0 Å². The van der Waals surface area contributed by atoms with Gasteiger partial charge < -0.3 is 10.5 Å². The number of nitrogens with two attached hydrogens (primary N) is 1. The van der Waals surface area contributed by atoms with E-state index in [1.807, 2.05) is 6.07 Å².